The average Bonchev–Trinajstić information content (AvgIpc) is 2.44. The summed E-state index contributed by atoms with van der Waals surface area (Å²) in [6.07, 6.45) is -0.241. The Balaban J connectivity index is 2.08. The van der Waals surface area contributed by atoms with Crippen LogP contribution in [0.3, 0.4) is 0 Å². The molecule has 0 N–H and O–H groups in total. The third kappa shape index (κ3) is 4.01. The van der Waals surface area contributed by atoms with Crippen LogP contribution in [0.25, 0.3) is 0 Å². The lowest BCUT2D eigenvalue weighted by atomic mass is 10.1. The van der Waals surface area contributed by atoms with Crippen molar-refractivity contribution in [2.45, 2.75) is 11.3 Å². The molecule has 21 heavy (non-hydrogen) atoms. The zero-order valence-corrected chi connectivity index (χ0v) is 11.6. The van der Waals surface area contributed by atoms with Crippen LogP contribution in [0.15, 0.2) is 47.4 Å². The predicted molar refractivity (Wildman–Crippen MR) is 72.7 cm³/mol. The van der Waals surface area contributed by atoms with Crippen molar-refractivity contribution >= 4 is 16.6 Å². The van der Waals surface area contributed by atoms with E-state index in [9.17, 15) is 22.2 Å². The molecule has 1 atom stereocenters. The molecule has 0 aliphatic rings. The zero-order chi connectivity index (χ0) is 15.4. The molecule has 2 rings (SSSR count). The van der Waals surface area contributed by atoms with Crippen molar-refractivity contribution in [2.75, 3.05) is 5.75 Å². The number of benzene rings is 2. The van der Waals surface area contributed by atoms with E-state index in [4.69, 9.17) is 0 Å². The van der Waals surface area contributed by atoms with Crippen molar-refractivity contribution in [3.8, 4) is 0 Å². The van der Waals surface area contributed by atoms with Crippen LogP contribution in [0.5, 0.6) is 0 Å². The third-order valence-electron chi connectivity index (χ3n) is 2.78. The minimum absolute atomic E-state index is 0.180. The van der Waals surface area contributed by atoms with E-state index in [0.29, 0.717) is 0 Å². The van der Waals surface area contributed by atoms with Gasteiger partial charge in [-0.05, 0) is 29.8 Å². The molecule has 1 unspecified atom stereocenters. The van der Waals surface area contributed by atoms with Gasteiger partial charge in [-0.1, -0.05) is 18.2 Å². The number of rotatable bonds is 5. The van der Waals surface area contributed by atoms with Crippen molar-refractivity contribution in [2.24, 2.45) is 0 Å². The second kappa shape index (κ2) is 6.67. The van der Waals surface area contributed by atoms with Gasteiger partial charge in [0.2, 0.25) is 0 Å². The summed E-state index contributed by atoms with van der Waals surface area (Å²) >= 11 is 0. The van der Waals surface area contributed by atoms with E-state index in [1.54, 1.807) is 6.07 Å². The predicted octanol–water partition coefficient (Wildman–Crippen LogP) is 3.02. The highest BCUT2D eigenvalue weighted by Gasteiger charge is 2.16. The normalized spacial score (nSPS) is 12.1. The molecular weight excluding hydrogens is 301 g/mol. The molecule has 0 bridgehead atoms. The number of carbonyl (C=O) groups excluding carboxylic acids is 1. The molecule has 0 saturated carbocycles. The molecule has 2 nitrogen and oxygen atoms in total. The highest BCUT2D eigenvalue weighted by molar-refractivity contribution is 7.85. The Morgan fingerprint density at radius 1 is 1.00 bits per heavy atom. The number of Topliss-reactive ketones (excluding diaryl/α,β-unsaturated/α-hetero) is 1. The number of halogens is 3. The second-order valence-electron chi connectivity index (χ2n) is 4.37. The number of hydrogen-bond acceptors (Lipinski definition) is 2. The van der Waals surface area contributed by atoms with Crippen LogP contribution in [0.4, 0.5) is 13.2 Å². The van der Waals surface area contributed by atoms with E-state index in [-0.39, 0.29) is 16.9 Å². The molecule has 0 amide bonds. The fourth-order valence-corrected chi connectivity index (χ4v) is 2.86. The van der Waals surface area contributed by atoms with E-state index in [1.807, 2.05) is 0 Å². The first kappa shape index (κ1) is 15.4. The first-order chi connectivity index (χ1) is 9.97. The lowest BCUT2D eigenvalue weighted by Gasteiger charge is -2.05. The summed E-state index contributed by atoms with van der Waals surface area (Å²) in [7, 11) is -2.00. The van der Waals surface area contributed by atoms with E-state index in [0.717, 1.165) is 18.2 Å². The Labute approximate surface area is 122 Å². The summed E-state index contributed by atoms with van der Waals surface area (Å²) < 4.78 is 51.7. The van der Waals surface area contributed by atoms with Gasteiger partial charge >= 0.3 is 0 Å². The van der Waals surface area contributed by atoms with Gasteiger partial charge in [0.25, 0.3) is 0 Å². The summed E-state index contributed by atoms with van der Waals surface area (Å²) in [6.45, 7) is 0. The maximum Gasteiger partial charge on any atom is 0.150 e. The fourth-order valence-electron chi connectivity index (χ4n) is 1.78. The molecule has 0 heterocycles. The molecule has 2 aromatic carbocycles. The first-order valence-corrected chi connectivity index (χ1v) is 7.38. The summed E-state index contributed by atoms with van der Waals surface area (Å²) in [5, 5.41) is 0. The van der Waals surface area contributed by atoms with Gasteiger partial charge in [0.05, 0.1) is 21.4 Å². The number of hydrogen-bond donors (Lipinski definition) is 0. The van der Waals surface area contributed by atoms with E-state index >= 15 is 0 Å². The van der Waals surface area contributed by atoms with Gasteiger partial charge in [-0.2, -0.15) is 0 Å². The van der Waals surface area contributed by atoms with Gasteiger partial charge in [0.15, 0.2) is 0 Å². The van der Waals surface area contributed by atoms with Gasteiger partial charge in [0, 0.05) is 6.42 Å². The molecular formula is C15H11F3O2S. The minimum atomic E-state index is -2.00. The molecule has 0 fully saturated rings. The Morgan fingerprint density at radius 2 is 1.71 bits per heavy atom. The topological polar surface area (TPSA) is 34.1 Å². The van der Waals surface area contributed by atoms with Gasteiger partial charge < -0.3 is 0 Å². The Morgan fingerprint density at radius 3 is 2.43 bits per heavy atom. The van der Waals surface area contributed by atoms with Crippen molar-refractivity contribution in [1.29, 1.82) is 0 Å². The van der Waals surface area contributed by atoms with Crippen molar-refractivity contribution in [3.63, 3.8) is 0 Å². The van der Waals surface area contributed by atoms with Gasteiger partial charge in [-0.25, -0.2) is 13.2 Å². The molecule has 0 aliphatic heterocycles. The maximum absolute atomic E-state index is 13.4. The summed E-state index contributed by atoms with van der Waals surface area (Å²) in [4.78, 5) is 11.4. The molecule has 0 radical (unpaired) electrons. The molecule has 0 aromatic heterocycles. The monoisotopic (exact) mass is 312 g/mol. The Bertz CT molecular complexity index is 701. The Hall–Kier alpha value is -1.95. The Kier molecular flexibility index (Phi) is 4.90. The lowest BCUT2D eigenvalue weighted by Crippen LogP contribution is -2.15. The summed E-state index contributed by atoms with van der Waals surface area (Å²) in [6, 6.07) is 8.27. The highest BCUT2D eigenvalue weighted by Crippen LogP contribution is 2.15. The number of ketones is 1. The molecule has 2 aromatic rings. The minimum Gasteiger partial charge on any atom is -0.298 e. The average molecular weight is 312 g/mol. The summed E-state index contributed by atoms with van der Waals surface area (Å²) in [5.41, 5.74) is 0.180. The standard InChI is InChI=1S/C15H11F3O2S/c16-11-5-6-14(18)15(8-11)21(20)9-12(19)7-10-3-1-2-4-13(10)17/h1-6,8H,7,9H2. The largest absolute Gasteiger partial charge is 0.298 e. The first-order valence-electron chi connectivity index (χ1n) is 6.06. The van der Waals surface area contributed by atoms with E-state index in [1.165, 1.54) is 18.2 Å². The second-order valence-corrected chi connectivity index (χ2v) is 5.79. The SMILES string of the molecule is O=C(Cc1ccccc1F)CS(=O)c1cc(F)ccc1F. The molecule has 6 heteroatoms. The fraction of sp³-hybridized carbons (Fsp3) is 0.133. The highest BCUT2D eigenvalue weighted by atomic mass is 32.2. The third-order valence-corrected chi connectivity index (χ3v) is 4.16. The molecule has 0 spiro atoms. The van der Waals surface area contributed by atoms with Crippen molar-refractivity contribution in [1.82, 2.24) is 0 Å². The van der Waals surface area contributed by atoms with Crippen LogP contribution in [-0.2, 0) is 22.0 Å². The van der Waals surface area contributed by atoms with E-state index in [2.05, 4.69) is 0 Å². The van der Waals surface area contributed by atoms with Gasteiger partial charge in [-0.15, -0.1) is 0 Å². The zero-order valence-electron chi connectivity index (χ0n) is 10.8. The molecule has 0 saturated heterocycles. The van der Waals surface area contributed by atoms with E-state index < -0.39 is 39.8 Å². The summed E-state index contributed by atoms with van der Waals surface area (Å²) in [5.74, 6) is -3.11. The van der Waals surface area contributed by atoms with Gasteiger partial charge in [0.1, 0.15) is 23.2 Å². The quantitative estimate of drug-likeness (QED) is 0.850. The lowest BCUT2D eigenvalue weighted by molar-refractivity contribution is -0.116. The van der Waals surface area contributed by atoms with Crippen LogP contribution >= 0.6 is 0 Å². The van der Waals surface area contributed by atoms with Crippen LogP contribution in [0.1, 0.15) is 5.56 Å². The van der Waals surface area contributed by atoms with Crippen LogP contribution < -0.4 is 0 Å². The van der Waals surface area contributed by atoms with Crippen LogP contribution in [0, 0.1) is 17.5 Å². The smallest absolute Gasteiger partial charge is 0.150 e. The van der Waals surface area contributed by atoms with Crippen LogP contribution in [-0.4, -0.2) is 15.7 Å². The van der Waals surface area contributed by atoms with Crippen molar-refractivity contribution < 1.29 is 22.2 Å². The van der Waals surface area contributed by atoms with Gasteiger partial charge in [-0.3, -0.25) is 9.00 Å². The maximum atomic E-state index is 13.4. The number of carbonyl (C=O) groups is 1. The van der Waals surface area contributed by atoms with Crippen molar-refractivity contribution in [3.05, 3.63) is 65.5 Å². The molecule has 110 valence electrons. The van der Waals surface area contributed by atoms with Crippen LogP contribution in [0.2, 0.25) is 0 Å². The molecule has 0 aliphatic carbocycles.